The summed E-state index contributed by atoms with van der Waals surface area (Å²) in [5.41, 5.74) is 2.03. The number of hydrogen-bond acceptors (Lipinski definition) is 9. The van der Waals surface area contributed by atoms with Crippen LogP contribution in [0.4, 0.5) is 0 Å². The molecule has 2 aliphatic heterocycles. The van der Waals surface area contributed by atoms with Crippen LogP contribution in [-0.4, -0.2) is 53.9 Å². The molecule has 1 aromatic carbocycles. The van der Waals surface area contributed by atoms with Gasteiger partial charge < -0.3 is 28.8 Å². The number of fused-ring (bicyclic) bond motifs is 3. The molecule has 3 aromatic heterocycles. The molecule has 172 valence electrons. The van der Waals surface area contributed by atoms with Gasteiger partial charge in [-0.1, -0.05) is 30.3 Å². The predicted octanol–water partition coefficient (Wildman–Crippen LogP) is 1.25. The van der Waals surface area contributed by atoms with Gasteiger partial charge >= 0.3 is 0 Å². The Hall–Kier alpha value is -2.38. The van der Waals surface area contributed by atoms with Crippen LogP contribution >= 0.6 is 23.8 Å². The molecular formula is C19H16BrN5O7P-. The zero-order valence-corrected chi connectivity index (χ0v) is 19.4. The summed E-state index contributed by atoms with van der Waals surface area (Å²) >= 11 is 3.32. The Kier molecular flexibility index (Phi) is 4.69. The Morgan fingerprint density at radius 2 is 2.06 bits per heavy atom. The fourth-order valence-electron chi connectivity index (χ4n) is 4.39. The summed E-state index contributed by atoms with van der Waals surface area (Å²) in [5, 5.41) is 10.8. The lowest BCUT2D eigenvalue weighted by Gasteiger charge is -2.34. The number of benzene rings is 1. The number of phosphoric ester groups is 1. The third-order valence-electron chi connectivity index (χ3n) is 5.81. The number of nitrogens with zero attached hydrogens (tertiary/aromatic N) is 4. The Bertz CT molecular complexity index is 1520. The number of phosphoric acid groups is 1. The molecule has 2 aliphatic rings. The molecule has 6 rings (SSSR count). The molecule has 2 N–H and O–H groups in total. The van der Waals surface area contributed by atoms with Crippen LogP contribution in [0.25, 0.3) is 28.2 Å². The minimum atomic E-state index is -4.53. The molecule has 14 heteroatoms. The van der Waals surface area contributed by atoms with Crippen molar-refractivity contribution in [3.8, 4) is 11.3 Å². The Morgan fingerprint density at radius 3 is 2.82 bits per heavy atom. The van der Waals surface area contributed by atoms with Gasteiger partial charge in [-0.15, -0.1) is 0 Å². The van der Waals surface area contributed by atoms with Crippen LogP contribution in [0.5, 0.6) is 0 Å². The number of aliphatic hydroxyl groups is 1. The molecule has 2 fully saturated rings. The first-order valence-corrected chi connectivity index (χ1v) is 12.2. The van der Waals surface area contributed by atoms with Gasteiger partial charge in [-0.3, -0.25) is 13.9 Å². The number of aliphatic hydroxyl groups excluding tert-OH is 1. The van der Waals surface area contributed by atoms with E-state index in [2.05, 4.69) is 35.4 Å². The molecule has 4 aromatic rings. The summed E-state index contributed by atoms with van der Waals surface area (Å²) in [7, 11) is -4.53. The average Bonchev–Trinajstić information content (AvgIpc) is 3.39. The summed E-state index contributed by atoms with van der Waals surface area (Å²) in [6.07, 6.45) is -4.47. The topological polar surface area (TPSA) is 156 Å². The fourth-order valence-corrected chi connectivity index (χ4v) is 5.89. The number of ether oxygens (including phenoxy) is 1. The number of imidazole rings is 2. The SMILES string of the molecule is Cc1[nH]c2nc3c(nc(Br)n3[C@@H]3OC4COP(=O)([O-])O[C@H]4C3O)c(=O)n2c1-c1ccccc1. The summed E-state index contributed by atoms with van der Waals surface area (Å²) < 4.78 is 30.1. The molecule has 0 bridgehead atoms. The van der Waals surface area contributed by atoms with Crippen molar-refractivity contribution in [2.75, 3.05) is 6.61 Å². The third kappa shape index (κ3) is 3.16. The molecule has 0 saturated carbocycles. The van der Waals surface area contributed by atoms with Crippen molar-refractivity contribution in [2.45, 2.75) is 31.5 Å². The zero-order valence-electron chi connectivity index (χ0n) is 16.9. The maximum absolute atomic E-state index is 13.5. The highest BCUT2D eigenvalue weighted by Crippen LogP contribution is 2.50. The Balaban J connectivity index is 1.52. The van der Waals surface area contributed by atoms with E-state index in [4.69, 9.17) is 9.26 Å². The van der Waals surface area contributed by atoms with E-state index in [1.54, 1.807) is 0 Å². The molecule has 0 spiro atoms. The zero-order chi connectivity index (χ0) is 23.1. The number of H-pyrrole nitrogens is 1. The standard InChI is InChI=1S/C19H17BrN5O7P/c1-8-12(9-5-3-2-4-6-9)24-16(27)11-15(23-19(24)21-8)25(18(20)22-11)17-13(26)14-10(31-17)7-30-33(28,29)32-14/h2-6,10,13-14,17,26H,7H2,1H3,(H,21,23)(H,28,29)/p-1/t10?,13?,14-,17-/m1/s1. The highest BCUT2D eigenvalue weighted by Gasteiger charge is 2.51. The minimum absolute atomic E-state index is 0.0490. The lowest BCUT2D eigenvalue weighted by Crippen LogP contribution is -2.41. The number of aromatic amines is 1. The lowest BCUT2D eigenvalue weighted by atomic mass is 10.1. The maximum atomic E-state index is 13.5. The third-order valence-corrected chi connectivity index (χ3v) is 7.34. The Morgan fingerprint density at radius 1 is 1.30 bits per heavy atom. The van der Waals surface area contributed by atoms with E-state index in [1.807, 2.05) is 37.3 Å². The number of rotatable bonds is 2. The number of aromatic nitrogens is 5. The van der Waals surface area contributed by atoms with E-state index < -0.39 is 37.9 Å². The molecular weight excluding hydrogens is 521 g/mol. The lowest BCUT2D eigenvalue weighted by molar-refractivity contribution is -0.245. The molecule has 2 saturated heterocycles. The Labute approximate surface area is 193 Å². The van der Waals surface area contributed by atoms with Crippen molar-refractivity contribution < 1.29 is 28.3 Å². The summed E-state index contributed by atoms with van der Waals surface area (Å²) in [5.74, 6) is 0.283. The highest BCUT2D eigenvalue weighted by molar-refractivity contribution is 9.10. The van der Waals surface area contributed by atoms with E-state index in [0.717, 1.165) is 11.3 Å². The second kappa shape index (κ2) is 7.31. The van der Waals surface area contributed by atoms with Crippen LogP contribution in [0.15, 0.2) is 39.9 Å². The van der Waals surface area contributed by atoms with Gasteiger partial charge in [0.15, 0.2) is 22.1 Å². The first kappa shape index (κ1) is 21.2. The van der Waals surface area contributed by atoms with E-state index in [9.17, 15) is 19.4 Å². The van der Waals surface area contributed by atoms with Crippen molar-refractivity contribution in [2.24, 2.45) is 0 Å². The molecule has 12 nitrogen and oxygen atoms in total. The van der Waals surface area contributed by atoms with Gasteiger partial charge in [0.1, 0.15) is 18.3 Å². The van der Waals surface area contributed by atoms with Crippen LogP contribution in [0.3, 0.4) is 0 Å². The quantitative estimate of drug-likeness (QED) is 0.284. The second-order valence-electron chi connectivity index (χ2n) is 7.83. The van der Waals surface area contributed by atoms with Crippen LogP contribution in [0, 0.1) is 6.92 Å². The van der Waals surface area contributed by atoms with Gasteiger partial charge in [0.25, 0.3) is 13.4 Å². The van der Waals surface area contributed by atoms with E-state index >= 15 is 0 Å². The number of nitrogens with one attached hydrogen (secondary N) is 1. The van der Waals surface area contributed by atoms with Gasteiger partial charge in [-0.25, -0.2) is 9.38 Å². The van der Waals surface area contributed by atoms with Gasteiger partial charge in [-0.05, 0) is 22.9 Å². The van der Waals surface area contributed by atoms with Crippen molar-refractivity contribution in [3.63, 3.8) is 0 Å². The van der Waals surface area contributed by atoms with Crippen molar-refractivity contribution in [3.05, 3.63) is 51.1 Å². The van der Waals surface area contributed by atoms with Crippen LogP contribution < -0.4 is 10.5 Å². The molecule has 3 unspecified atom stereocenters. The first-order chi connectivity index (χ1) is 15.7. The van der Waals surface area contributed by atoms with Crippen LogP contribution in [0.1, 0.15) is 11.9 Å². The van der Waals surface area contributed by atoms with Crippen molar-refractivity contribution >= 4 is 40.7 Å². The normalized spacial score (nSPS) is 29.7. The molecule has 5 heterocycles. The summed E-state index contributed by atoms with van der Waals surface area (Å²) in [6.45, 7) is 1.55. The van der Waals surface area contributed by atoms with Crippen LogP contribution in [0.2, 0.25) is 0 Å². The fraction of sp³-hybridized carbons (Fsp3) is 0.316. The van der Waals surface area contributed by atoms with E-state index in [-0.39, 0.29) is 28.3 Å². The highest BCUT2D eigenvalue weighted by atomic mass is 79.9. The number of halogens is 1. The maximum Gasteiger partial charge on any atom is 0.287 e. The molecule has 0 aliphatic carbocycles. The van der Waals surface area contributed by atoms with E-state index in [1.165, 1.54) is 8.97 Å². The summed E-state index contributed by atoms with van der Waals surface area (Å²) in [6, 6.07) is 9.42. The molecule has 0 radical (unpaired) electrons. The molecule has 0 amide bonds. The minimum Gasteiger partial charge on any atom is -0.756 e. The molecule has 5 atom stereocenters. The summed E-state index contributed by atoms with van der Waals surface area (Å²) in [4.78, 5) is 37.2. The monoisotopic (exact) mass is 536 g/mol. The average molecular weight is 537 g/mol. The van der Waals surface area contributed by atoms with Crippen LogP contribution in [-0.2, 0) is 18.3 Å². The molecule has 33 heavy (non-hydrogen) atoms. The van der Waals surface area contributed by atoms with E-state index in [0.29, 0.717) is 5.69 Å². The largest absolute Gasteiger partial charge is 0.756 e. The number of aryl methyl sites for hydroxylation is 1. The van der Waals surface area contributed by atoms with Gasteiger partial charge in [0.2, 0.25) is 5.78 Å². The first-order valence-electron chi connectivity index (χ1n) is 9.97. The number of hydrogen-bond donors (Lipinski definition) is 2. The van der Waals surface area contributed by atoms with Gasteiger partial charge in [-0.2, -0.15) is 4.98 Å². The predicted molar refractivity (Wildman–Crippen MR) is 115 cm³/mol. The second-order valence-corrected chi connectivity index (χ2v) is 9.91. The van der Waals surface area contributed by atoms with Gasteiger partial charge in [0, 0.05) is 11.3 Å². The smallest absolute Gasteiger partial charge is 0.287 e. The van der Waals surface area contributed by atoms with Gasteiger partial charge in [0.05, 0.1) is 12.3 Å². The van der Waals surface area contributed by atoms with Crippen molar-refractivity contribution in [1.82, 2.24) is 23.9 Å². The van der Waals surface area contributed by atoms with Crippen molar-refractivity contribution in [1.29, 1.82) is 0 Å².